The Balaban J connectivity index is 1.49. The van der Waals surface area contributed by atoms with Crippen LogP contribution in [0.5, 0.6) is 0 Å². The van der Waals surface area contributed by atoms with Crippen LogP contribution in [0.3, 0.4) is 0 Å². The minimum absolute atomic E-state index is 0.0189. The Kier molecular flexibility index (Phi) is 5.31. The molecule has 0 unspecified atom stereocenters. The first-order valence-corrected chi connectivity index (χ1v) is 8.39. The standard InChI is InChI=1S/C18H19N3O5/c22-17(19-12-13-4-2-1-3-5-13)14-8-10-20(11-9-14)18(23)15-6-7-16(26-15)21(24)25/h1-7,14H,8-12H2,(H,19,22). The van der Waals surface area contributed by atoms with Crippen molar-refractivity contribution >= 4 is 17.7 Å². The number of benzene rings is 1. The van der Waals surface area contributed by atoms with Gasteiger partial charge >= 0.3 is 5.88 Å². The Morgan fingerprint density at radius 2 is 1.85 bits per heavy atom. The highest BCUT2D eigenvalue weighted by molar-refractivity contribution is 5.92. The molecule has 1 aromatic heterocycles. The molecule has 0 radical (unpaired) electrons. The predicted molar refractivity (Wildman–Crippen MR) is 92.3 cm³/mol. The highest BCUT2D eigenvalue weighted by atomic mass is 16.6. The molecular formula is C18H19N3O5. The Hall–Kier alpha value is -3.16. The summed E-state index contributed by atoms with van der Waals surface area (Å²) in [5.41, 5.74) is 1.04. The molecule has 3 rings (SSSR count). The zero-order valence-corrected chi connectivity index (χ0v) is 14.1. The van der Waals surface area contributed by atoms with Crippen molar-refractivity contribution in [2.24, 2.45) is 5.92 Å². The van der Waals surface area contributed by atoms with Gasteiger partial charge in [-0.05, 0) is 24.5 Å². The first-order chi connectivity index (χ1) is 12.5. The first-order valence-electron chi connectivity index (χ1n) is 8.39. The van der Waals surface area contributed by atoms with Crippen molar-refractivity contribution in [1.82, 2.24) is 10.2 Å². The van der Waals surface area contributed by atoms with Crippen LogP contribution in [0.25, 0.3) is 0 Å². The third-order valence-corrected chi connectivity index (χ3v) is 4.45. The molecule has 26 heavy (non-hydrogen) atoms. The molecule has 2 aromatic rings. The third kappa shape index (κ3) is 4.08. The fraction of sp³-hybridized carbons (Fsp3) is 0.333. The lowest BCUT2D eigenvalue weighted by atomic mass is 9.95. The van der Waals surface area contributed by atoms with E-state index in [9.17, 15) is 19.7 Å². The summed E-state index contributed by atoms with van der Waals surface area (Å²) >= 11 is 0. The van der Waals surface area contributed by atoms with Crippen LogP contribution in [0.2, 0.25) is 0 Å². The van der Waals surface area contributed by atoms with E-state index in [-0.39, 0.29) is 23.5 Å². The third-order valence-electron chi connectivity index (χ3n) is 4.45. The summed E-state index contributed by atoms with van der Waals surface area (Å²) in [5.74, 6) is -1.06. The highest BCUT2D eigenvalue weighted by Crippen LogP contribution is 2.22. The molecule has 8 nitrogen and oxygen atoms in total. The van der Waals surface area contributed by atoms with E-state index >= 15 is 0 Å². The molecule has 1 aromatic carbocycles. The van der Waals surface area contributed by atoms with Gasteiger partial charge in [0.1, 0.15) is 4.92 Å². The highest BCUT2D eigenvalue weighted by Gasteiger charge is 2.29. The van der Waals surface area contributed by atoms with Gasteiger partial charge in [0.2, 0.25) is 5.91 Å². The van der Waals surface area contributed by atoms with Gasteiger partial charge in [0.25, 0.3) is 5.91 Å². The quantitative estimate of drug-likeness (QED) is 0.653. The van der Waals surface area contributed by atoms with Gasteiger partial charge in [-0.3, -0.25) is 19.7 Å². The summed E-state index contributed by atoms with van der Waals surface area (Å²) < 4.78 is 4.95. The van der Waals surface area contributed by atoms with Gasteiger partial charge in [-0.15, -0.1) is 0 Å². The number of nitrogens with one attached hydrogen (secondary N) is 1. The number of likely N-dealkylation sites (tertiary alicyclic amines) is 1. The molecule has 1 fully saturated rings. The van der Waals surface area contributed by atoms with Crippen LogP contribution in [-0.4, -0.2) is 34.7 Å². The second-order valence-corrected chi connectivity index (χ2v) is 6.16. The van der Waals surface area contributed by atoms with Crippen molar-refractivity contribution in [3.05, 3.63) is 63.9 Å². The van der Waals surface area contributed by atoms with Gasteiger partial charge < -0.3 is 14.6 Å². The zero-order valence-electron chi connectivity index (χ0n) is 14.1. The van der Waals surface area contributed by atoms with Crippen LogP contribution >= 0.6 is 0 Å². The van der Waals surface area contributed by atoms with Crippen LogP contribution < -0.4 is 5.32 Å². The number of nitrogens with zero attached hydrogens (tertiary/aromatic N) is 2. The number of carbonyl (C=O) groups is 2. The van der Waals surface area contributed by atoms with Crippen LogP contribution in [0, 0.1) is 16.0 Å². The van der Waals surface area contributed by atoms with Crippen molar-refractivity contribution in [3.8, 4) is 0 Å². The van der Waals surface area contributed by atoms with Crippen LogP contribution in [0.1, 0.15) is 29.0 Å². The zero-order chi connectivity index (χ0) is 18.5. The molecule has 8 heteroatoms. The molecule has 136 valence electrons. The molecule has 0 aliphatic carbocycles. The van der Waals surface area contributed by atoms with Gasteiger partial charge in [0, 0.05) is 25.6 Å². The summed E-state index contributed by atoms with van der Waals surface area (Å²) in [6.45, 7) is 1.31. The van der Waals surface area contributed by atoms with E-state index in [4.69, 9.17) is 4.42 Å². The molecule has 1 aliphatic rings. The van der Waals surface area contributed by atoms with E-state index in [1.165, 1.54) is 6.07 Å². The Morgan fingerprint density at radius 1 is 1.15 bits per heavy atom. The monoisotopic (exact) mass is 357 g/mol. The molecular weight excluding hydrogens is 338 g/mol. The molecule has 2 heterocycles. The fourth-order valence-corrected chi connectivity index (χ4v) is 2.97. The Bertz CT molecular complexity index is 794. The van der Waals surface area contributed by atoms with E-state index in [1.54, 1.807) is 4.90 Å². The lowest BCUT2D eigenvalue weighted by molar-refractivity contribution is -0.402. The largest absolute Gasteiger partial charge is 0.433 e. The van der Waals surface area contributed by atoms with Crippen molar-refractivity contribution in [3.63, 3.8) is 0 Å². The molecule has 1 N–H and O–H groups in total. The number of hydrogen-bond donors (Lipinski definition) is 1. The average Bonchev–Trinajstić information content (AvgIpc) is 3.17. The number of piperidine rings is 1. The summed E-state index contributed by atoms with van der Waals surface area (Å²) in [7, 11) is 0. The van der Waals surface area contributed by atoms with E-state index in [2.05, 4.69) is 5.32 Å². The smallest absolute Gasteiger partial charge is 0.395 e. The first kappa shape index (κ1) is 17.7. The maximum atomic E-state index is 12.3. The van der Waals surface area contributed by atoms with Gasteiger partial charge in [-0.25, -0.2) is 0 Å². The number of nitro groups is 1. The molecule has 0 atom stereocenters. The number of amides is 2. The van der Waals surface area contributed by atoms with Gasteiger partial charge in [-0.1, -0.05) is 30.3 Å². The van der Waals surface area contributed by atoms with E-state index in [1.807, 2.05) is 30.3 Å². The van der Waals surface area contributed by atoms with Crippen molar-refractivity contribution in [1.29, 1.82) is 0 Å². The maximum absolute atomic E-state index is 12.3. The predicted octanol–water partition coefficient (Wildman–Crippen LogP) is 2.36. The molecule has 2 amide bonds. The normalized spacial score (nSPS) is 14.8. The van der Waals surface area contributed by atoms with Gasteiger partial charge in [0.05, 0.1) is 6.07 Å². The minimum Gasteiger partial charge on any atom is -0.395 e. The van der Waals surface area contributed by atoms with Crippen LogP contribution in [-0.2, 0) is 11.3 Å². The molecule has 1 saturated heterocycles. The van der Waals surface area contributed by atoms with Crippen molar-refractivity contribution in [2.75, 3.05) is 13.1 Å². The minimum atomic E-state index is -0.680. The molecule has 0 spiro atoms. The summed E-state index contributed by atoms with van der Waals surface area (Å²) in [4.78, 5) is 36.1. The van der Waals surface area contributed by atoms with Gasteiger partial charge in [0.15, 0.2) is 5.76 Å². The van der Waals surface area contributed by atoms with Gasteiger partial charge in [-0.2, -0.15) is 0 Å². The van der Waals surface area contributed by atoms with Crippen LogP contribution in [0.4, 0.5) is 5.88 Å². The molecule has 1 aliphatic heterocycles. The number of rotatable bonds is 5. The average molecular weight is 357 g/mol. The number of carbonyl (C=O) groups excluding carboxylic acids is 2. The Morgan fingerprint density at radius 3 is 2.46 bits per heavy atom. The maximum Gasteiger partial charge on any atom is 0.433 e. The van der Waals surface area contributed by atoms with Crippen molar-refractivity contribution in [2.45, 2.75) is 19.4 Å². The SMILES string of the molecule is O=C(NCc1ccccc1)C1CCN(C(=O)c2ccc([N+](=O)[O-])o2)CC1. The van der Waals surface area contributed by atoms with E-state index < -0.39 is 10.8 Å². The fourth-order valence-electron chi connectivity index (χ4n) is 2.97. The summed E-state index contributed by atoms with van der Waals surface area (Å²) in [5, 5.41) is 13.6. The number of furan rings is 1. The molecule has 0 saturated carbocycles. The van der Waals surface area contributed by atoms with E-state index in [0.717, 1.165) is 11.6 Å². The topological polar surface area (TPSA) is 106 Å². The van der Waals surface area contributed by atoms with E-state index in [0.29, 0.717) is 32.5 Å². The second kappa shape index (κ2) is 7.81. The lowest BCUT2D eigenvalue weighted by Crippen LogP contribution is -2.42. The number of hydrogen-bond acceptors (Lipinski definition) is 5. The molecule has 0 bridgehead atoms. The van der Waals surface area contributed by atoms with Crippen molar-refractivity contribution < 1.29 is 18.9 Å². The Labute approximate surface area is 149 Å². The summed E-state index contributed by atoms with van der Waals surface area (Å²) in [6.07, 6.45) is 1.10. The van der Waals surface area contributed by atoms with Crippen LogP contribution in [0.15, 0.2) is 46.9 Å². The second-order valence-electron chi connectivity index (χ2n) is 6.16. The summed E-state index contributed by atoms with van der Waals surface area (Å²) in [6, 6.07) is 12.1. The lowest BCUT2D eigenvalue weighted by Gasteiger charge is -2.30.